The van der Waals surface area contributed by atoms with Crippen molar-refractivity contribution >= 4 is 74.7 Å². The molecule has 0 atom stereocenters. The third kappa shape index (κ3) is 3.68. The van der Waals surface area contributed by atoms with E-state index < -0.39 is 0 Å². The van der Waals surface area contributed by atoms with Crippen LogP contribution in [0.25, 0.3) is 97.2 Å². The summed E-state index contributed by atoms with van der Waals surface area (Å²) in [5.74, 6) is 0.733. The second-order valence-electron chi connectivity index (χ2n) is 11.7. The van der Waals surface area contributed by atoms with E-state index in [9.17, 15) is 0 Å². The van der Waals surface area contributed by atoms with Gasteiger partial charge in [0.15, 0.2) is 5.82 Å². The zero-order chi connectivity index (χ0) is 29.5. The summed E-state index contributed by atoms with van der Waals surface area (Å²) in [5, 5.41) is 11.4. The third-order valence-corrected chi connectivity index (χ3v) is 10.3. The van der Waals surface area contributed by atoms with Crippen molar-refractivity contribution in [2.75, 3.05) is 0 Å². The highest BCUT2D eigenvalue weighted by atomic mass is 32.1. The van der Waals surface area contributed by atoms with Gasteiger partial charge in [-0.1, -0.05) is 115 Å². The Balaban J connectivity index is 1.19. The highest BCUT2D eigenvalue weighted by Crippen LogP contribution is 2.45. The lowest BCUT2D eigenvalue weighted by Crippen LogP contribution is -1.96. The predicted molar refractivity (Wildman–Crippen MR) is 192 cm³/mol. The summed E-state index contributed by atoms with van der Waals surface area (Å²) in [7, 11) is 0. The van der Waals surface area contributed by atoms with E-state index >= 15 is 0 Å². The minimum Gasteiger partial charge on any atom is -0.227 e. The van der Waals surface area contributed by atoms with Gasteiger partial charge in [-0.15, -0.1) is 11.3 Å². The fourth-order valence-corrected chi connectivity index (χ4v) is 8.30. The quantitative estimate of drug-likeness (QED) is 0.192. The smallest absolute Gasteiger partial charge is 0.160 e. The minimum atomic E-state index is 0.733. The van der Waals surface area contributed by atoms with Crippen LogP contribution >= 0.6 is 11.3 Å². The molecular weight excluding hydrogens is 565 g/mol. The molecule has 0 saturated heterocycles. The number of fused-ring (bicyclic) bond motifs is 6. The number of nitrogens with zero attached hydrogens (tertiary/aromatic N) is 2. The fraction of sp³-hybridized carbons (Fsp3) is 0. The van der Waals surface area contributed by atoms with Gasteiger partial charge >= 0.3 is 0 Å². The molecule has 0 saturated carbocycles. The Morgan fingerprint density at radius 3 is 1.87 bits per heavy atom. The van der Waals surface area contributed by atoms with E-state index in [-0.39, 0.29) is 0 Å². The van der Waals surface area contributed by atoms with Gasteiger partial charge in [0.25, 0.3) is 0 Å². The van der Waals surface area contributed by atoms with Crippen LogP contribution in [0, 0.1) is 0 Å². The topological polar surface area (TPSA) is 25.8 Å². The van der Waals surface area contributed by atoms with Gasteiger partial charge in [-0.05, 0) is 68.4 Å². The van der Waals surface area contributed by atoms with Crippen LogP contribution in [0.4, 0.5) is 0 Å². The molecule has 0 spiro atoms. The van der Waals surface area contributed by atoms with Crippen LogP contribution in [0.3, 0.4) is 0 Å². The molecule has 2 nitrogen and oxygen atoms in total. The highest BCUT2D eigenvalue weighted by Gasteiger charge is 2.17. The molecule has 3 heteroatoms. The van der Waals surface area contributed by atoms with Crippen LogP contribution in [0.1, 0.15) is 0 Å². The van der Waals surface area contributed by atoms with E-state index in [0.29, 0.717) is 0 Å². The fourth-order valence-electron chi connectivity index (χ4n) is 7.14. The first-order valence-corrected chi connectivity index (χ1v) is 16.1. The summed E-state index contributed by atoms with van der Waals surface area (Å²) in [6.45, 7) is 0. The maximum absolute atomic E-state index is 5.22. The second kappa shape index (κ2) is 9.43. The Labute approximate surface area is 263 Å². The predicted octanol–water partition coefficient (Wildman–Crippen LogP) is 11.9. The molecule has 0 N–H and O–H groups in total. The van der Waals surface area contributed by atoms with Crippen LogP contribution in [-0.2, 0) is 0 Å². The molecular formula is C42H24N2S. The van der Waals surface area contributed by atoms with E-state index in [0.717, 1.165) is 44.5 Å². The molecule has 0 fully saturated rings. The molecule has 2 heterocycles. The summed E-state index contributed by atoms with van der Waals surface area (Å²) < 4.78 is 2.71. The van der Waals surface area contributed by atoms with Gasteiger partial charge in [-0.25, -0.2) is 9.97 Å². The third-order valence-electron chi connectivity index (χ3n) is 9.21. The first-order chi connectivity index (χ1) is 22.3. The van der Waals surface area contributed by atoms with Crippen molar-refractivity contribution in [1.82, 2.24) is 9.97 Å². The molecule has 0 aliphatic rings. The molecule has 0 bridgehead atoms. The SMILES string of the molecule is c1ccc(-c2nc(-c3cccc(-c4ccc5c(c4)c4cccc6sc7cccc5c7c64)c3)nc3c2ccc2ccccc23)cc1. The Morgan fingerprint density at radius 1 is 0.378 bits per heavy atom. The van der Waals surface area contributed by atoms with Crippen molar-refractivity contribution in [3.8, 4) is 33.8 Å². The normalized spacial score (nSPS) is 12.0. The summed E-state index contributed by atoms with van der Waals surface area (Å²) in [6.07, 6.45) is 0. The van der Waals surface area contributed by atoms with Gasteiger partial charge < -0.3 is 0 Å². The number of benzene rings is 8. The zero-order valence-corrected chi connectivity index (χ0v) is 25.0. The van der Waals surface area contributed by atoms with Crippen LogP contribution in [0.15, 0.2) is 146 Å². The van der Waals surface area contributed by atoms with E-state index in [1.54, 1.807) is 0 Å². The van der Waals surface area contributed by atoms with Crippen molar-refractivity contribution in [3.63, 3.8) is 0 Å². The monoisotopic (exact) mass is 588 g/mol. The van der Waals surface area contributed by atoms with Crippen LogP contribution < -0.4 is 0 Å². The molecule has 208 valence electrons. The number of thiophene rings is 1. The number of aromatic nitrogens is 2. The molecule has 45 heavy (non-hydrogen) atoms. The van der Waals surface area contributed by atoms with Gasteiger partial charge in [0.1, 0.15) is 0 Å². The average Bonchev–Trinajstić information content (AvgIpc) is 3.50. The molecule has 10 rings (SSSR count). The first kappa shape index (κ1) is 24.8. The summed E-state index contributed by atoms with van der Waals surface area (Å²) in [5.41, 5.74) is 6.36. The van der Waals surface area contributed by atoms with Crippen molar-refractivity contribution in [3.05, 3.63) is 146 Å². The van der Waals surface area contributed by atoms with Gasteiger partial charge in [-0.2, -0.15) is 0 Å². The van der Waals surface area contributed by atoms with Crippen LogP contribution in [-0.4, -0.2) is 9.97 Å². The number of hydrogen-bond acceptors (Lipinski definition) is 3. The van der Waals surface area contributed by atoms with E-state index in [1.807, 2.05) is 17.4 Å². The van der Waals surface area contributed by atoms with Crippen molar-refractivity contribution in [2.24, 2.45) is 0 Å². The Bertz CT molecular complexity index is 2760. The molecule has 0 unspecified atom stereocenters. The van der Waals surface area contributed by atoms with E-state index in [4.69, 9.17) is 9.97 Å². The molecule has 2 aromatic heterocycles. The molecule has 0 radical (unpaired) electrons. The van der Waals surface area contributed by atoms with Crippen LogP contribution in [0.2, 0.25) is 0 Å². The lowest BCUT2D eigenvalue weighted by molar-refractivity contribution is 1.23. The van der Waals surface area contributed by atoms with Gasteiger partial charge in [0.05, 0.1) is 11.2 Å². The first-order valence-electron chi connectivity index (χ1n) is 15.2. The van der Waals surface area contributed by atoms with Gasteiger partial charge in [0, 0.05) is 42.1 Å². The van der Waals surface area contributed by atoms with E-state index in [1.165, 1.54) is 52.7 Å². The second-order valence-corrected chi connectivity index (χ2v) is 12.8. The Kier molecular flexibility index (Phi) is 5.19. The Morgan fingerprint density at radius 2 is 1.02 bits per heavy atom. The molecule has 10 aromatic rings. The highest BCUT2D eigenvalue weighted by molar-refractivity contribution is 7.26. The van der Waals surface area contributed by atoms with Gasteiger partial charge in [-0.3, -0.25) is 0 Å². The standard InChI is InChI=1S/C42H24N2S/c1-2-10-26(11-3-1)40-34-22-19-25-9-4-5-14-30(25)41(34)44-42(43-40)29-13-6-12-27(23-29)28-20-21-31-32-15-7-17-36-38(32)39-33(35(31)24-28)16-8-18-37(39)45-36/h1-24H. The van der Waals surface area contributed by atoms with Crippen LogP contribution in [0.5, 0.6) is 0 Å². The Hall–Kier alpha value is -5.64. The van der Waals surface area contributed by atoms with Crippen molar-refractivity contribution in [1.29, 1.82) is 0 Å². The number of hydrogen-bond donors (Lipinski definition) is 0. The van der Waals surface area contributed by atoms with Crippen molar-refractivity contribution < 1.29 is 0 Å². The summed E-state index contributed by atoms with van der Waals surface area (Å²) >= 11 is 1.89. The lowest BCUT2D eigenvalue weighted by Gasteiger charge is -2.13. The number of rotatable bonds is 3. The lowest BCUT2D eigenvalue weighted by atomic mass is 9.92. The van der Waals surface area contributed by atoms with E-state index in [2.05, 4.69) is 140 Å². The average molecular weight is 589 g/mol. The molecule has 8 aromatic carbocycles. The maximum Gasteiger partial charge on any atom is 0.160 e. The maximum atomic E-state index is 5.22. The van der Waals surface area contributed by atoms with Gasteiger partial charge in [0.2, 0.25) is 0 Å². The molecule has 0 amide bonds. The summed E-state index contributed by atoms with van der Waals surface area (Å²) in [4.78, 5) is 10.4. The zero-order valence-electron chi connectivity index (χ0n) is 24.2. The molecule has 0 aliphatic heterocycles. The van der Waals surface area contributed by atoms with Crippen molar-refractivity contribution in [2.45, 2.75) is 0 Å². The largest absolute Gasteiger partial charge is 0.227 e. The summed E-state index contributed by atoms with van der Waals surface area (Å²) in [6, 6.07) is 52.3. The minimum absolute atomic E-state index is 0.733. The molecule has 0 aliphatic carbocycles.